The quantitative estimate of drug-likeness (QED) is 0.438. The lowest BCUT2D eigenvalue weighted by molar-refractivity contribution is -0.139. The minimum absolute atomic E-state index is 0.0620. The molecule has 7 nitrogen and oxygen atoms in total. The molecule has 0 aliphatic carbocycles. The summed E-state index contributed by atoms with van der Waals surface area (Å²) in [5, 5.41) is 14.9. The normalized spacial score (nSPS) is 13.7. The Hall–Kier alpha value is -2.71. The first-order valence-corrected chi connectivity index (χ1v) is 11.1. The molecule has 1 aromatic carbocycles. The highest BCUT2D eigenvalue weighted by molar-refractivity contribution is 6.33. The third-order valence-electron chi connectivity index (χ3n) is 5.25. The first kappa shape index (κ1) is 23.9. The van der Waals surface area contributed by atoms with Crippen molar-refractivity contribution in [3.05, 3.63) is 58.1 Å². The van der Waals surface area contributed by atoms with Gasteiger partial charge in [-0.2, -0.15) is 0 Å². The second-order valence-corrected chi connectivity index (χ2v) is 8.05. The zero-order valence-corrected chi connectivity index (χ0v) is 18.5. The van der Waals surface area contributed by atoms with Gasteiger partial charge in [0, 0.05) is 31.9 Å². The Balaban J connectivity index is 1.36. The van der Waals surface area contributed by atoms with Crippen molar-refractivity contribution in [1.29, 1.82) is 0 Å². The number of unbranched alkanes of at least 4 members (excludes halogenated alkanes) is 1. The highest BCUT2D eigenvalue weighted by Crippen LogP contribution is 2.21. The van der Waals surface area contributed by atoms with Crippen molar-refractivity contribution in [2.45, 2.75) is 44.6 Å². The average Bonchev–Trinajstić information content (AvgIpc) is 2.77. The summed E-state index contributed by atoms with van der Waals surface area (Å²) in [6, 6.07) is 6.76. The van der Waals surface area contributed by atoms with Crippen LogP contribution in [0.2, 0.25) is 5.02 Å². The number of ether oxygens (including phenoxy) is 1. The van der Waals surface area contributed by atoms with E-state index >= 15 is 0 Å². The van der Waals surface area contributed by atoms with Gasteiger partial charge in [-0.25, -0.2) is 9.18 Å². The molecule has 2 heterocycles. The van der Waals surface area contributed by atoms with Crippen LogP contribution in [0, 0.1) is 5.82 Å². The van der Waals surface area contributed by atoms with Gasteiger partial charge in [0.25, 0.3) is 5.91 Å². The molecule has 2 aromatic rings. The van der Waals surface area contributed by atoms with Crippen molar-refractivity contribution in [2.24, 2.45) is 0 Å². The Bertz CT molecular complexity index is 937. The molecule has 1 unspecified atom stereocenters. The number of carboxylic acid groups (broad SMARTS) is 1. The number of nitrogens with zero attached hydrogens (tertiary/aromatic N) is 1. The van der Waals surface area contributed by atoms with Gasteiger partial charge < -0.3 is 20.5 Å². The molecular weight excluding hydrogens is 437 g/mol. The summed E-state index contributed by atoms with van der Waals surface area (Å²) >= 11 is 5.86. The van der Waals surface area contributed by atoms with E-state index < -0.39 is 23.7 Å². The number of hydrogen-bond donors (Lipinski definition) is 3. The number of anilines is 1. The molecule has 0 saturated heterocycles. The molecule has 0 fully saturated rings. The molecule has 1 atom stereocenters. The summed E-state index contributed by atoms with van der Waals surface area (Å²) in [5.74, 6) is -2.89. The van der Waals surface area contributed by atoms with Crippen molar-refractivity contribution < 1.29 is 23.8 Å². The summed E-state index contributed by atoms with van der Waals surface area (Å²) in [6.45, 7) is 1.63. The minimum atomic E-state index is -1.22. The van der Waals surface area contributed by atoms with Gasteiger partial charge >= 0.3 is 5.97 Å². The Labute approximate surface area is 191 Å². The third-order valence-corrected chi connectivity index (χ3v) is 5.57. The van der Waals surface area contributed by atoms with Crippen LogP contribution >= 0.6 is 11.6 Å². The van der Waals surface area contributed by atoms with Gasteiger partial charge in [-0.15, -0.1) is 0 Å². The molecule has 3 rings (SSSR count). The maximum absolute atomic E-state index is 13.9. The van der Waals surface area contributed by atoms with E-state index in [4.69, 9.17) is 21.3 Å². The molecule has 9 heteroatoms. The number of pyridine rings is 1. The SMILES string of the molecule is O=C(NC(CCOCCCCc1ccc2c(n1)CCCN2)C(=O)O)c1c(F)cccc1Cl. The van der Waals surface area contributed by atoms with Crippen LogP contribution in [0.4, 0.5) is 10.1 Å². The van der Waals surface area contributed by atoms with E-state index in [1.54, 1.807) is 0 Å². The molecule has 0 bridgehead atoms. The van der Waals surface area contributed by atoms with Crippen LogP contribution in [0.25, 0.3) is 0 Å². The molecule has 1 aliphatic heterocycles. The maximum Gasteiger partial charge on any atom is 0.326 e. The van der Waals surface area contributed by atoms with Crippen LogP contribution in [0.15, 0.2) is 30.3 Å². The largest absolute Gasteiger partial charge is 0.480 e. The maximum atomic E-state index is 13.9. The number of benzene rings is 1. The fourth-order valence-electron chi connectivity index (χ4n) is 3.53. The van der Waals surface area contributed by atoms with Crippen molar-refractivity contribution in [1.82, 2.24) is 10.3 Å². The summed E-state index contributed by atoms with van der Waals surface area (Å²) in [4.78, 5) is 28.4. The van der Waals surface area contributed by atoms with E-state index in [9.17, 15) is 19.1 Å². The molecule has 32 heavy (non-hydrogen) atoms. The number of nitrogens with one attached hydrogen (secondary N) is 2. The summed E-state index contributed by atoms with van der Waals surface area (Å²) < 4.78 is 19.4. The Morgan fingerprint density at radius 1 is 1.25 bits per heavy atom. The lowest BCUT2D eigenvalue weighted by Gasteiger charge is -2.17. The molecule has 0 spiro atoms. The van der Waals surface area contributed by atoms with Crippen LogP contribution in [0.5, 0.6) is 0 Å². The Morgan fingerprint density at radius 2 is 2.09 bits per heavy atom. The molecule has 1 aliphatic rings. The van der Waals surface area contributed by atoms with E-state index in [0.29, 0.717) is 6.61 Å². The smallest absolute Gasteiger partial charge is 0.326 e. The second-order valence-electron chi connectivity index (χ2n) is 7.65. The molecule has 1 amide bonds. The molecule has 0 radical (unpaired) electrons. The van der Waals surface area contributed by atoms with Crippen molar-refractivity contribution in [3.8, 4) is 0 Å². The average molecular weight is 464 g/mol. The van der Waals surface area contributed by atoms with Crippen molar-refractivity contribution in [2.75, 3.05) is 25.1 Å². The van der Waals surface area contributed by atoms with E-state index in [-0.39, 0.29) is 23.6 Å². The molecular formula is C23H27ClFN3O4. The van der Waals surface area contributed by atoms with Gasteiger partial charge in [0.1, 0.15) is 11.9 Å². The first-order chi connectivity index (χ1) is 15.5. The van der Waals surface area contributed by atoms with Gasteiger partial charge in [-0.1, -0.05) is 17.7 Å². The fraction of sp³-hybridized carbons (Fsp3) is 0.435. The number of aliphatic carboxylic acids is 1. The number of carbonyl (C=O) groups excluding carboxylic acids is 1. The highest BCUT2D eigenvalue weighted by Gasteiger charge is 2.23. The van der Waals surface area contributed by atoms with Crippen LogP contribution in [0.3, 0.4) is 0 Å². The summed E-state index contributed by atoms with van der Waals surface area (Å²) in [7, 11) is 0. The molecule has 172 valence electrons. The predicted molar refractivity (Wildman–Crippen MR) is 120 cm³/mol. The van der Waals surface area contributed by atoms with Gasteiger partial charge in [-0.3, -0.25) is 9.78 Å². The molecule has 0 saturated carbocycles. The minimum Gasteiger partial charge on any atom is -0.480 e. The second kappa shape index (κ2) is 11.8. The topological polar surface area (TPSA) is 101 Å². The van der Waals surface area contributed by atoms with E-state index in [1.807, 2.05) is 6.07 Å². The zero-order valence-electron chi connectivity index (χ0n) is 17.7. The number of amides is 1. The van der Waals surface area contributed by atoms with E-state index in [0.717, 1.165) is 61.8 Å². The fourth-order valence-corrected chi connectivity index (χ4v) is 3.78. The number of aryl methyl sites for hydroxylation is 2. The number of halogens is 2. The van der Waals surface area contributed by atoms with Gasteiger partial charge in [0.2, 0.25) is 0 Å². The van der Waals surface area contributed by atoms with Crippen LogP contribution < -0.4 is 10.6 Å². The number of fused-ring (bicyclic) bond motifs is 1. The number of rotatable bonds is 11. The van der Waals surface area contributed by atoms with E-state index in [1.165, 1.54) is 12.1 Å². The highest BCUT2D eigenvalue weighted by atomic mass is 35.5. The number of carboxylic acids is 1. The van der Waals surface area contributed by atoms with Crippen LogP contribution in [0.1, 0.15) is 47.4 Å². The summed E-state index contributed by atoms with van der Waals surface area (Å²) in [6.07, 6.45) is 4.74. The van der Waals surface area contributed by atoms with Gasteiger partial charge in [0.15, 0.2) is 0 Å². The van der Waals surface area contributed by atoms with Crippen molar-refractivity contribution >= 4 is 29.2 Å². The number of carbonyl (C=O) groups is 2. The predicted octanol–water partition coefficient (Wildman–Crippen LogP) is 3.84. The van der Waals surface area contributed by atoms with Crippen molar-refractivity contribution in [3.63, 3.8) is 0 Å². The monoisotopic (exact) mass is 463 g/mol. The zero-order chi connectivity index (χ0) is 22.9. The Morgan fingerprint density at radius 3 is 2.88 bits per heavy atom. The van der Waals surface area contributed by atoms with Crippen LogP contribution in [-0.2, 0) is 22.4 Å². The van der Waals surface area contributed by atoms with Crippen LogP contribution in [-0.4, -0.2) is 47.8 Å². The number of aromatic nitrogens is 1. The summed E-state index contributed by atoms with van der Waals surface area (Å²) in [5.41, 5.74) is 2.95. The lowest BCUT2D eigenvalue weighted by Crippen LogP contribution is -2.42. The van der Waals surface area contributed by atoms with Gasteiger partial charge in [0.05, 0.1) is 22.0 Å². The standard InChI is InChI=1S/C23H27ClFN3O4/c24-16-6-3-7-17(25)21(16)22(29)28-20(23(30)31)11-14-32-13-2-1-5-15-9-10-18-19(27-15)8-4-12-26-18/h3,6-7,9-10,20,26H,1-2,4-5,8,11-14H2,(H,28,29)(H,30,31). The van der Waals surface area contributed by atoms with E-state index in [2.05, 4.69) is 16.7 Å². The first-order valence-electron chi connectivity index (χ1n) is 10.7. The third kappa shape index (κ3) is 6.64. The molecule has 1 aromatic heterocycles. The number of hydrogen-bond acceptors (Lipinski definition) is 5. The molecule has 3 N–H and O–H groups in total. The van der Waals surface area contributed by atoms with Gasteiger partial charge in [-0.05, 0) is 56.4 Å². The Kier molecular flexibility index (Phi) is 8.81. The lowest BCUT2D eigenvalue weighted by atomic mass is 10.1.